The number of nitrogens with zero attached hydrogens (tertiary/aromatic N) is 2. The minimum atomic E-state index is 0.431. The Morgan fingerprint density at radius 3 is 2.74 bits per heavy atom. The first-order valence-corrected chi connectivity index (χ1v) is 7.21. The molecule has 2 atom stereocenters. The molecule has 0 bridgehead atoms. The van der Waals surface area contributed by atoms with Crippen LogP contribution < -0.4 is 5.32 Å². The standard InChI is InChI=1S/C16H23N3/c1-3-13(2)16(19-9-7-18-8-10-19)15-6-4-5-14(11-15)12-17/h4-6,11,13,16,18H,3,7-10H2,1-2H3/t13?,16-/m1/s1. The van der Waals surface area contributed by atoms with Gasteiger partial charge in [0.2, 0.25) is 0 Å². The lowest BCUT2D eigenvalue weighted by molar-refractivity contribution is 0.128. The lowest BCUT2D eigenvalue weighted by Crippen LogP contribution is -2.46. The van der Waals surface area contributed by atoms with Crippen LogP contribution in [0.25, 0.3) is 0 Å². The van der Waals surface area contributed by atoms with Crippen LogP contribution in [0.2, 0.25) is 0 Å². The fourth-order valence-electron chi connectivity index (χ4n) is 2.87. The summed E-state index contributed by atoms with van der Waals surface area (Å²) in [6, 6.07) is 10.8. The van der Waals surface area contributed by atoms with E-state index in [1.165, 1.54) is 5.56 Å². The van der Waals surface area contributed by atoms with Crippen molar-refractivity contribution in [2.45, 2.75) is 26.3 Å². The van der Waals surface area contributed by atoms with Crippen LogP contribution in [0.3, 0.4) is 0 Å². The molecule has 1 aliphatic rings. The van der Waals surface area contributed by atoms with E-state index in [0.29, 0.717) is 12.0 Å². The molecule has 1 aromatic rings. The number of piperazine rings is 1. The number of hydrogen-bond acceptors (Lipinski definition) is 3. The van der Waals surface area contributed by atoms with E-state index < -0.39 is 0 Å². The summed E-state index contributed by atoms with van der Waals surface area (Å²) in [5.74, 6) is 0.604. The van der Waals surface area contributed by atoms with Crippen molar-refractivity contribution in [3.05, 3.63) is 35.4 Å². The van der Waals surface area contributed by atoms with Gasteiger partial charge >= 0.3 is 0 Å². The highest BCUT2D eigenvalue weighted by molar-refractivity contribution is 5.34. The largest absolute Gasteiger partial charge is 0.314 e. The molecule has 0 aliphatic carbocycles. The van der Waals surface area contributed by atoms with Gasteiger partial charge in [-0.05, 0) is 23.6 Å². The quantitative estimate of drug-likeness (QED) is 0.901. The average Bonchev–Trinajstić information content (AvgIpc) is 2.48. The zero-order chi connectivity index (χ0) is 13.7. The van der Waals surface area contributed by atoms with Crippen molar-refractivity contribution in [2.24, 2.45) is 5.92 Å². The van der Waals surface area contributed by atoms with E-state index in [4.69, 9.17) is 5.26 Å². The molecule has 19 heavy (non-hydrogen) atoms. The van der Waals surface area contributed by atoms with Crippen LogP contribution >= 0.6 is 0 Å². The van der Waals surface area contributed by atoms with E-state index >= 15 is 0 Å². The highest BCUT2D eigenvalue weighted by Gasteiger charge is 2.26. The van der Waals surface area contributed by atoms with Crippen molar-refractivity contribution < 1.29 is 0 Å². The number of nitrogens with one attached hydrogen (secondary N) is 1. The van der Waals surface area contributed by atoms with Gasteiger partial charge in [0.15, 0.2) is 0 Å². The monoisotopic (exact) mass is 257 g/mol. The van der Waals surface area contributed by atoms with Crippen LogP contribution in [0.5, 0.6) is 0 Å². The maximum absolute atomic E-state index is 9.08. The highest BCUT2D eigenvalue weighted by Crippen LogP contribution is 2.31. The van der Waals surface area contributed by atoms with Crippen molar-refractivity contribution in [2.75, 3.05) is 26.2 Å². The molecule has 0 spiro atoms. The molecule has 1 aromatic carbocycles. The Hall–Kier alpha value is -1.37. The van der Waals surface area contributed by atoms with Gasteiger partial charge in [-0.3, -0.25) is 4.90 Å². The predicted octanol–water partition coefficient (Wildman–Crippen LogP) is 2.55. The molecular formula is C16H23N3. The average molecular weight is 257 g/mol. The summed E-state index contributed by atoms with van der Waals surface area (Å²) in [6.45, 7) is 8.85. The van der Waals surface area contributed by atoms with E-state index in [2.05, 4.69) is 42.3 Å². The lowest BCUT2D eigenvalue weighted by atomic mass is 9.90. The topological polar surface area (TPSA) is 39.1 Å². The Bertz CT molecular complexity index is 444. The molecule has 0 saturated carbocycles. The second-order valence-corrected chi connectivity index (χ2v) is 5.35. The summed E-state index contributed by atoms with van der Waals surface area (Å²) in [7, 11) is 0. The highest BCUT2D eigenvalue weighted by atomic mass is 15.2. The molecule has 2 rings (SSSR count). The SMILES string of the molecule is CCC(C)[C@H](c1cccc(C#N)c1)N1CCNCC1. The molecule has 1 aliphatic heterocycles. The van der Waals surface area contributed by atoms with Gasteiger partial charge < -0.3 is 5.32 Å². The second-order valence-electron chi connectivity index (χ2n) is 5.35. The summed E-state index contributed by atoms with van der Waals surface area (Å²) in [5, 5.41) is 12.5. The smallest absolute Gasteiger partial charge is 0.0991 e. The molecule has 0 aromatic heterocycles. The molecule has 0 amide bonds. The summed E-state index contributed by atoms with van der Waals surface area (Å²) < 4.78 is 0. The molecule has 1 heterocycles. The zero-order valence-corrected chi connectivity index (χ0v) is 11.9. The molecular weight excluding hydrogens is 234 g/mol. The van der Waals surface area contributed by atoms with Crippen molar-refractivity contribution in [3.8, 4) is 6.07 Å². The summed E-state index contributed by atoms with van der Waals surface area (Å²) in [6.07, 6.45) is 1.16. The maximum atomic E-state index is 9.08. The van der Waals surface area contributed by atoms with Crippen LogP contribution in [0.1, 0.15) is 37.4 Å². The van der Waals surface area contributed by atoms with E-state index in [1.807, 2.05) is 12.1 Å². The third-order valence-corrected chi connectivity index (χ3v) is 4.09. The van der Waals surface area contributed by atoms with Crippen molar-refractivity contribution in [3.63, 3.8) is 0 Å². The van der Waals surface area contributed by atoms with Gasteiger partial charge in [-0.15, -0.1) is 0 Å². The first kappa shape index (κ1) is 14.0. The Kier molecular flexibility index (Phi) is 4.95. The molecule has 1 N–H and O–H groups in total. The molecule has 3 heteroatoms. The zero-order valence-electron chi connectivity index (χ0n) is 11.9. The van der Waals surface area contributed by atoms with Crippen LogP contribution in [-0.2, 0) is 0 Å². The van der Waals surface area contributed by atoms with Crippen LogP contribution in [-0.4, -0.2) is 31.1 Å². The fourth-order valence-corrected chi connectivity index (χ4v) is 2.87. The Balaban J connectivity index is 2.28. The van der Waals surface area contributed by atoms with Gasteiger partial charge in [-0.25, -0.2) is 0 Å². The Labute approximate surface area is 116 Å². The first-order valence-electron chi connectivity index (χ1n) is 7.21. The third-order valence-electron chi connectivity index (χ3n) is 4.09. The number of nitriles is 1. The van der Waals surface area contributed by atoms with E-state index in [9.17, 15) is 0 Å². The summed E-state index contributed by atoms with van der Waals surface area (Å²) >= 11 is 0. The second kappa shape index (κ2) is 6.70. The Morgan fingerprint density at radius 2 is 2.11 bits per heavy atom. The molecule has 0 radical (unpaired) electrons. The van der Waals surface area contributed by atoms with Gasteiger partial charge in [-0.2, -0.15) is 5.26 Å². The Morgan fingerprint density at radius 1 is 1.37 bits per heavy atom. The predicted molar refractivity (Wildman–Crippen MR) is 77.8 cm³/mol. The van der Waals surface area contributed by atoms with Crippen LogP contribution in [0.15, 0.2) is 24.3 Å². The van der Waals surface area contributed by atoms with Gasteiger partial charge in [0.05, 0.1) is 11.6 Å². The first-order chi connectivity index (χ1) is 9.26. The summed E-state index contributed by atoms with van der Waals surface area (Å²) in [5.41, 5.74) is 2.05. The molecule has 3 nitrogen and oxygen atoms in total. The molecule has 1 unspecified atom stereocenters. The van der Waals surface area contributed by atoms with Crippen LogP contribution in [0, 0.1) is 17.2 Å². The van der Waals surface area contributed by atoms with Crippen molar-refractivity contribution in [1.82, 2.24) is 10.2 Å². The minimum Gasteiger partial charge on any atom is -0.314 e. The number of benzene rings is 1. The van der Waals surface area contributed by atoms with Gasteiger partial charge in [-0.1, -0.05) is 32.4 Å². The van der Waals surface area contributed by atoms with E-state index in [0.717, 1.165) is 38.2 Å². The van der Waals surface area contributed by atoms with E-state index in [-0.39, 0.29) is 0 Å². The number of hydrogen-bond donors (Lipinski definition) is 1. The van der Waals surface area contributed by atoms with Gasteiger partial charge in [0.25, 0.3) is 0 Å². The van der Waals surface area contributed by atoms with Crippen molar-refractivity contribution >= 4 is 0 Å². The third kappa shape index (κ3) is 3.34. The van der Waals surface area contributed by atoms with Gasteiger partial charge in [0.1, 0.15) is 0 Å². The van der Waals surface area contributed by atoms with E-state index in [1.54, 1.807) is 0 Å². The van der Waals surface area contributed by atoms with Gasteiger partial charge in [0, 0.05) is 32.2 Å². The molecule has 1 saturated heterocycles. The summed E-state index contributed by atoms with van der Waals surface area (Å²) in [4.78, 5) is 2.56. The van der Waals surface area contributed by atoms with Crippen molar-refractivity contribution in [1.29, 1.82) is 5.26 Å². The lowest BCUT2D eigenvalue weighted by Gasteiger charge is -2.38. The number of rotatable bonds is 4. The molecule has 1 fully saturated rings. The fraction of sp³-hybridized carbons (Fsp3) is 0.562. The normalized spacial score (nSPS) is 19.6. The molecule has 102 valence electrons. The van der Waals surface area contributed by atoms with Crippen LogP contribution in [0.4, 0.5) is 0 Å². The minimum absolute atomic E-state index is 0.431. The maximum Gasteiger partial charge on any atom is 0.0991 e.